The van der Waals surface area contributed by atoms with Gasteiger partial charge in [-0.1, -0.05) is 58.4 Å². The average Bonchev–Trinajstić information content (AvgIpc) is 3.08. The maximum absolute atomic E-state index is 13.5. The van der Waals surface area contributed by atoms with E-state index in [1.165, 1.54) is 24.3 Å². The quantitative estimate of drug-likeness (QED) is 0.0951. The molecule has 8 nitrogen and oxygen atoms in total. The summed E-state index contributed by atoms with van der Waals surface area (Å²) in [5, 5.41) is 17.5. The van der Waals surface area contributed by atoms with Gasteiger partial charge in [0.2, 0.25) is 5.91 Å². The van der Waals surface area contributed by atoms with E-state index in [0.29, 0.717) is 31.9 Å². The van der Waals surface area contributed by atoms with Crippen molar-refractivity contribution in [3.8, 4) is 16.9 Å². The molecule has 3 aromatic rings. The van der Waals surface area contributed by atoms with Gasteiger partial charge in [0.15, 0.2) is 0 Å². The van der Waals surface area contributed by atoms with E-state index in [1.54, 1.807) is 31.4 Å². The zero-order valence-electron chi connectivity index (χ0n) is 28.9. The Morgan fingerprint density at radius 3 is 2.25 bits per heavy atom. The first kappa shape index (κ1) is 38.9. The van der Waals surface area contributed by atoms with Crippen molar-refractivity contribution < 1.29 is 32.9 Å². The van der Waals surface area contributed by atoms with Crippen LogP contribution in [0.3, 0.4) is 0 Å². The number of benzene rings is 3. The summed E-state index contributed by atoms with van der Waals surface area (Å²) in [5.41, 5.74) is 9.65. The Labute approximate surface area is 284 Å². The summed E-state index contributed by atoms with van der Waals surface area (Å²) >= 11 is 0. The van der Waals surface area contributed by atoms with Crippen molar-refractivity contribution in [3.63, 3.8) is 0 Å². The molecule has 0 heterocycles. The number of aliphatic hydroxyl groups excluding tert-OH is 1. The van der Waals surface area contributed by atoms with E-state index >= 15 is 0 Å². The van der Waals surface area contributed by atoms with Crippen LogP contribution in [0.1, 0.15) is 52.5 Å². The van der Waals surface area contributed by atoms with Crippen LogP contribution >= 0.6 is 0 Å². The van der Waals surface area contributed by atoms with Gasteiger partial charge in [-0.3, -0.25) is 4.79 Å². The summed E-state index contributed by atoms with van der Waals surface area (Å²) < 4.78 is 44.0. The predicted octanol–water partition coefficient (Wildman–Crippen LogP) is 6.56. The molecule has 1 unspecified atom stereocenters. The number of nitrogens with one attached hydrogen (secondary N) is 2. The predicted molar refractivity (Wildman–Crippen MR) is 187 cm³/mol. The largest absolute Gasteiger partial charge is 0.493 e. The molecule has 0 bridgehead atoms. The van der Waals surface area contributed by atoms with E-state index in [2.05, 4.69) is 24.5 Å². The second-order valence-corrected chi connectivity index (χ2v) is 12.8. The number of aliphatic hydroxyl groups is 1. The molecule has 5 atom stereocenters. The van der Waals surface area contributed by atoms with Gasteiger partial charge in [-0.25, -0.2) is 8.78 Å². The van der Waals surface area contributed by atoms with Crippen LogP contribution in [0.4, 0.5) is 14.5 Å². The van der Waals surface area contributed by atoms with E-state index in [4.69, 9.17) is 19.9 Å². The molecule has 0 aliphatic carbocycles. The highest BCUT2D eigenvalue weighted by atomic mass is 19.1. The number of hydrogen-bond donors (Lipinski definition) is 4. The highest BCUT2D eigenvalue weighted by Crippen LogP contribution is 2.32. The standard InChI is InChI=1S/C38H53F2N3O5/c1-6-26(4)35(22-42-31-15-13-30(40)14-16-31)43-38(45)33(25(2)3)21-36(44)34(41)24-47-23-27-8-17-32(28-9-11-29(39)12-10-28)37(20-27)48-19-7-18-46-5/h8-17,20,25-26,33-36,42,44H,6-7,18-19,21-24,41H2,1-5H3,(H,43,45)/t26-,33-,34?,35+,36-/m0/s1. The maximum Gasteiger partial charge on any atom is 0.223 e. The monoisotopic (exact) mass is 669 g/mol. The smallest absolute Gasteiger partial charge is 0.223 e. The third-order valence-electron chi connectivity index (χ3n) is 8.69. The molecule has 10 heteroatoms. The molecule has 5 N–H and O–H groups in total. The van der Waals surface area contributed by atoms with Crippen molar-refractivity contribution in [1.82, 2.24) is 5.32 Å². The highest BCUT2D eigenvalue weighted by Gasteiger charge is 2.30. The number of ether oxygens (including phenoxy) is 3. The average molecular weight is 670 g/mol. The van der Waals surface area contributed by atoms with Gasteiger partial charge in [0.1, 0.15) is 17.4 Å². The Balaban J connectivity index is 1.57. The zero-order chi connectivity index (χ0) is 35.1. The van der Waals surface area contributed by atoms with Gasteiger partial charge < -0.3 is 35.7 Å². The summed E-state index contributed by atoms with van der Waals surface area (Å²) in [6.45, 7) is 9.91. The fourth-order valence-electron chi connectivity index (χ4n) is 5.33. The summed E-state index contributed by atoms with van der Waals surface area (Å²) in [5.74, 6) is -0.398. The zero-order valence-corrected chi connectivity index (χ0v) is 28.9. The number of halogens is 2. The van der Waals surface area contributed by atoms with Gasteiger partial charge in [0.25, 0.3) is 0 Å². The minimum absolute atomic E-state index is 0.0302. The van der Waals surface area contributed by atoms with Crippen LogP contribution < -0.4 is 21.1 Å². The number of hydrogen-bond acceptors (Lipinski definition) is 7. The number of amides is 1. The summed E-state index contributed by atoms with van der Waals surface area (Å²) in [7, 11) is 1.64. The normalized spacial score (nSPS) is 14.6. The SMILES string of the molecule is CC[C@H](C)[C@@H](CNc1ccc(F)cc1)NC(=O)[C@@H](C[C@H](O)C(N)COCc1ccc(-c2ccc(F)cc2)c(OCCCOC)c1)C(C)C. The van der Waals surface area contributed by atoms with Crippen LogP contribution in [-0.2, 0) is 20.9 Å². The Bertz CT molecular complexity index is 1370. The second kappa shape index (κ2) is 20.1. The fraction of sp³-hybridized carbons (Fsp3) is 0.500. The number of carbonyl (C=O) groups excluding carboxylic acids is 1. The van der Waals surface area contributed by atoms with Gasteiger partial charge in [-0.05, 0) is 71.8 Å². The molecular formula is C38H53F2N3O5. The molecule has 0 saturated heterocycles. The van der Waals surface area contributed by atoms with Crippen molar-refractivity contribution in [1.29, 1.82) is 0 Å². The van der Waals surface area contributed by atoms with Crippen molar-refractivity contribution in [2.45, 2.75) is 71.8 Å². The number of nitrogens with two attached hydrogens (primary N) is 1. The molecule has 48 heavy (non-hydrogen) atoms. The Morgan fingerprint density at radius 2 is 1.62 bits per heavy atom. The van der Waals surface area contributed by atoms with Crippen molar-refractivity contribution >= 4 is 11.6 Å². The van der Waals surface area contributed by atoms with Gasteiger partial charge >= 0.3 is 0 Å². The summed E-state index contributed by atoms with van der Waals surface area (Å²) in [6.07, 6.45) is 0.818. The molecule has 0 aromatic heterocycles. The molecule has 0 aliphatic heterocycles. The Hall–Kier alpha value is -3.57. The lowest BCUT2D eigenvalue weighted by atomic mass is 9.86. The molecule has 0 aliphatic rings. The van der Waals surface area contributed by atoms with E-state index < -0.39 is 18.1 Å². The molecular weight excluding hydrogens is 616 g/mol. The van der Waals surface area contributed by atoms with Crippen LogP contribution in [0.25, 0.3) is 11.1 Å². The van der Waals surface area contributed by atoms with Gasteiger partial charge in [0, 0.05) is 49.9 Å². The summed E-state index contributed by atoms with van der Waals surface area (Å²) in [4.78, 5) is 13.5. The molecule has 0 spiro atoms. The number of anilines is 1. The minimum Gasteiger partial charge on any atom is -0.493 e. The molecule has 0 fully saturated rings. The van der Waals surface area contributed by atoms with E-state index in [1.807, 2.05) is 32.0 Å². The summed E-state index contributed by atoms with van der Waals surface area (Å²) in [6, 6.07) is 17.2. The number of rotatable bonds is 21. The molecule has 0 radical (unpaired) electrons. The van der Waals surface area contributed by atoms with E-state index in [0.717, 1.165) is 28.8 Å². The van der Waals surface area contributed by atoms with Crippen LogP contribution in [0, 0.1) is 29.4 Å². The van der Waals surface area contributed by atoms with Gasteiger partial charge in [0.05, 0.1) is 32.0 Å². The number of carbonyl (C=O) groups is 1. The lowest BCUT2D eigenvalue weighted by molar-refractivity contribution is -0.128. The minimum atomic E-state index is -0.955. The van der Waals surface area contributed by atoms with E-state index in [9.17, 15) is 18.7 Å². The van der Waals surface area contributed by atoms with Crippen molar-refractivity contribution in [2.75, 3.05) is 38.8 Å². The van der Waals surface area contributed by atoms with Crippen LogP contribution in [0.5, 0.6) is 5.75 Å². The molecule has 3 rings (SSSR count). The first-order valence-corrected chi connectivity index (χ1v) is 16.8. The van der Waals surface area contributed by atoms with Crippen molar-refractivity contribution in [3.05, 3.63) is 83.9 Å². The Kier molecular flexibility index (Phi) is 16.2. The topological polar surface area (TPSA) is 115 Å². The van der Waals surface area contributed by atoms with Crippen LogP contribution in [-0.4, -0.2) is 62.7 Å². The van der Waals surface area contributed by atoms with Crippen LogP contribution in [0.15, 0.2) is 66.7 Å². The lowest BCUT2D eigenvalue weighted by Gasteiger charge is -2.30. The van der Waals surface area contributed by atoms with Crippen LogP contribution in [0.2, 0.25) is 0 Å². The van der Waals surface area contributed by atoms with Gasteiger partial charge in [-0.15, -0.1) is 0 Å². The highest BCUT2D eigenvalue weighted by molar-refractivity contribution is 5.79. The molecule has 3 aromatic carbocycles. The second-order valence-electron chi connectivity index (χ2n) is 12.8. The lowest BCUT2D eigenvalue weighted by Crippen LogP contribution is -2.49. The maximum atomic E-state index is 13.5. The Morgan fingerprint density at radius 1 is 0.958 bits per heavy atom. The third-order valence-corrected chi connectivity index (χ3v) is 8.69. The number of methoxy groups -OCH3 is 1. The molecule has 0 saturated carbocycles. The van der Waals surface area contributed by atoms with Crippen molar-refractivity contribution in [2.24, 2.45) is 23.5 Å². The fourth-order valence-corrected chi connectivity index (χ4v) is 5.33. The first-order chi connectivity index (χ1) is 23.0. The van der Waals surface area contributed by atoms with E-state index in [-0.39, 0.29) is 55.1 Å². The van der Waals surface area contributed by atoms with Gasteiger partial charge in [-0.2, -0.15) is 0 Å². The molecule has 1 amide bonds. The first-order valence-electron chi connectivity index (χ1n) is 16.8. The molecule has 264 valence electrons. The third kappa shape index (κ3) is 12.5.